The molecule has 2 fully saturated rings. The fraction of sp³-hybridized carbons (Fsp3) is 0.500. The van der Waals surface area contributed by atoms with Crippen LogP contribution in [0.1, 0.15) is 31.7 Å². The van der Waals surface area contributed by atoms with E-state index in [-0.39, 0.29) is 11.8 Å². The van der Waals surface area contributed by atoms with Crippen molar-refractivity contribution < 1.29 is 9.59 Å². The van der Waals surface area contributed by atoms with Crippen LogP contribution in [-0.4, -0.2) is 24.4 Å². The highest BCUT2D eigenvalue weighted by molar-refractivity contribution is 6.09. The summed E-state index contributed by atoms with van der Waals surface area (Å²) in [6.45, 7) is 2.74. The van der Waals surface area contributed by atoms with Crippen molar-refractivity contribution in [1.29, 1.82) is 0 Å². The fourth-order valence-corrected chi connectivity index (χ4v) is 2.62. The number of hydrogen-bond acceptors (Lipinski definition) is 2. The monoisotopic (exact) mass is 272 g/mol. The van der Waals surface area contributed by atoms with Gasteiger partial charge in [-0.2, -0.15) is 0 Å². The summed E-state index contributed by atoms with van der Waals surface area (Å²) < 4.78 is 0. The van der Waals surface area contributed by atoms with Gasteiger partial charge in [-0.25, -0.2) is 0 Å². The number of carbonyl (C=O) groups is 2. The molecule has 1 saturated heterocycles. The van der Waals surface area contributed by atoms with Gasteiger partial charge in [-0.15, -0.1) is 0 Å². The van der Waals surface area contributed by atoms with Gasteiger partial charge >= 0.3 is 0 Å². The zero-order valence-electron chi connectivity index (χ0n) is 11.8. The van der Waals surface area contributed by atoms with Crippen molar-refractivity contribution in [3.05, 3.63) is 29.8 Å². The van der Waals surface area contributed by atoms with Crippen LogP contribution in [0.4, 0.5) is 5.69 Å². The van der Waals surface area contributed by atoms with Gasteiger partial charge in [-0.3, -0.25) is 9.59 Å². The smallest absolute Gasteiger partial charge is 0.239 e. The highest BCUT2D eigenvalue weighted by atomic mass is 16.2. The molecule has 2 amide bonds. The molecule has 0 radical (unpaired) electrons. The molecule has 1 heterocycles. The molecule has 0 bridgehead atoms. The Kier molecular flexibility index (Phi) is 3.47. The Balaban J connectivity index is 1.68. The largest absolute Gasteiger partial charge is 0.353 e. The highest BCUT2D eigenvalue weighted by Crippen LogP contribution is 2.27. The van der Waals surface area contributed by atoms with Crippen LogP contribution < -0.4 is 10.2 Å². The van der Waals surface area contributed by atoms with E-state index in [1.54, 1.807) is 4.90 Å². The number of nitrogens with one attached hydrogen (secondary N) is 1. The van der Waals surface area contributed by atoms with Crippen LogP contribution in [0.2, 0.25) is 0 Å². The molecular formula is C16H20N2O2. The van der Waals surface area contributed by atoms with E-state index in [0.717, 1.165) is 24.9 Å². The third kappa shape index (κ3) is 2.55. The minimum atomic E-state index is -0.499. The minimum absolute atomic E-state index is 0.0626. The molecule has 1 saturated carbocycles. The molecule has 4 nitrogen and oxygen atoms in total. The van der Waals surface area contributed by atoms with Crippen LogP contribution in [0.3, 0.4) is 0 Å². The van der Waals surface area contributed by atoms with E-state index in [4.69, 9.17) is 0 Å². The first-order valence-electron chi connectivity index (χ1n) is 7.39. The number of benzene rings is 1. The predicted octanol–water partition coefficient (Wildman–Crippen LogP) is 1.88. The summed E-state index contributed by atoms with van der Waals surface area (Å²) in [7, 11) is 0. The second kappa shape index (κ2) is 5.27. The van der Waals surface area contributed by atoms with Crippen molar-refractivity contribution in [3.63, 3.8) is 0 Å². The van der Waals surface area contributed by atoms with E-state index in [1.807, 2.05) is 24.3 Å². The third-order valence-corrected chi connectivity index (χ3v) is 4.10. The van der Waals surface area contributed by atoms with Crippen LogP contribution in [0.15, 0.2) is 24.3 Å². The van der Waals surface area contributed by atoms with Gasteiger partial charge in [0.25, 0.3) is 0 Å². The fourth-order valence-electron chi connectivity index (χ4n) is 2.62. The summed E-state index contributed by atoms with van der Waals surface area (Å²) >= 11 is 0. The molecule has 1 aliphatic heterocycles. The summed E-state index contributed by atoms with van der Waals surface area (Å²) in [6.07, 6.45) is 3.71. The molecule has 106 valence electrons. The maximum Gasteiger partial charge on any atom is 0.239 e. The Bertz CT molecular complexity index is 520. The molecule has 3 rings (SSSR count). The van der Waals surface area contributed by atoms with Crippen LogP contribution >= 0.6 is 0 Å². The van der Waals surface area contributed by atoms with E-state index in [0.29, 0.717) is 19.0 Å². The number of carbonyl (C=O) groups excluding carboxylic acids is 2. The number of amides is 2. The number of hydrogen-bond donors (Lipinski definition) is 1. The van der Waals surface area contributed by atoms with Crippen molar-refractivity contribution in [2.24, 2.45) is 5.92 Å². The number of rotatable bonds is 4. The van der Waals surface area contributed by atoms with Crippen molar-refractivity contribution >= 4 is 17.5 Å². The lowest BCUT2D eigenvalue weighted by molar-refractivity contribution is -0.132. The average molecular weight is 272 g/mol. The van der Waals surface area contributed by atoms with E-state index in [2.05, 4.69) is 12.2 Å². The first-order chi connectivity index (χ1) is 9.69. The summed E-state index contributed by atoms with van der Waals surface area (Å²) in [6, 6.07) is 8.34. The van der Waals surface area contributed by atoms with E-state index in [1.165, 1.54) is 5.56 Å². The lowest BCUT2D eigenvalue weighted by Crippen LogP contribution is -2.37. The van der Waals surface area contributed by atoms with Crippen molar-refractivity contribution in [3.8, 4) is 0 Å². The Morgan fingerprint density at radius 2 is 1.95 bits per heavy atom. The van der Waals surface area contributed by atoms with Gasteiger partial charge in [0.2, 0.25) is 11.8 Å². The molecule has 1 N–H and O–H groups in total. The summed E-state index contributed by atoms with van der Waals surface area (Å²) in [5.41, 5.74) is 2.15. The highest BCUT2D eigenvalue weighted by Gasteiger charge is 2.39. The van der Waals surface area contributed by atoms with Crippen LogP contribution in [0, 0.1) is 5.92 Å². The number of nitrogens with zero attached hydrogens (tertiary/aromatic N) is 1. The molecule has 1 atom stereocenters. The van der Waals surface area contributed by atoms with Gasteiger partial charge in [0.1, 0.15) is 5.92 Å². The molecule has 1 unspecified atom stereocenters. The zero-order valence-corrected chi connectivity index (χ0v) is 11.8. The molecular weight excluding hydrogens is 252 g/mol. The molecule has 0 aromatic heterocycles. The van der Waals surface area contributed by atoms with E-state index < -0.39 is 5.92 Å². The molecule has 2 aliphatic rings. The maximum absolute atomic E-state index is 12.4. The van der Waals surface area contributed by atoms with Gasteiger partial charge in [0, 0.05) is 18.3 Å². The summed E-state index contributed by atoms with van der Waals surface area (Å²) in [4.78, 5) is 26.1. The Labute approximate surface area is 119 Å². The maximum atomic E-state index is 12.4. The molecule has 1 aliphatic carbocycles. The van der Waals surface area contributed by atoms with E-state index in [9.17, 15) is 9.59 Å². The normalized spacial score (nSPS) is 22.1. The quantitative estimate of drug-likeness (QED) is 0.851. The minimum Gasteiger partial charge on any atom is -0.353 e. The lowest BCUT2D eigenvalue weighted by atomic mass is 10.1. The molecule has 4 heteroatoms. The Hall–Kier alpha value is -1.84. The molecule has 0 spiro atoms. The standard InChI is InChI=1S/C16H20N2O2/c1-2-11-3-7-13(8-4-11)18-10-9-14(16(18)20)15(19)17-12-5-6-12/h3-4,7-8,12,14H,2,5-6,9-10H2,1H3,(H,17,19). The summed E-state index contributed by atoms with van der Waals surface area (Å²) in [5, 5.41) is 2.93. The second-order valence-corrected chi connectivity index (χ2v) is 5.63. The van der Waals surface area contributed by atoms with Crippen molar-refractivity contribution in [2.75, 3.05) is 11.4 Å². The van der Waals surface area contributed by atoms with Crippen LogP contribution in [-0.2, 0) is 16.0 Å². The van der Waals surface area contributed by atoms with Gasteiger partial charge in [-0.1, -0.05) is 19.1 Å². The average Bonchev–Trinajstić information content (AvgIpc) is 3.19. The van der Waals surface area contributed by atoms with Crippen molar-refractivity contribution in [1.82, 2.24) is 5.32 Å². The molecule has 1 aromatic carbocycles. The van der Waals surface area contributed by atoms with Gasteiger partial charge in [0.15, 0.2) is 0 Å². The van der Waals surface area contributed by atoms with Gasteiger partial charge in [-0.05, 0) is 43.4 Å². The van der Waals surface area contributed by atoms with Crippen LogP contribution in [0.25, 0.3) is 0 Å². The topological polar surface area (TPSA) is 49.4 Å². The number of anilines is 1. The molecule has 20 heavy (non-hydrogen) atoms. The van der Waals surface area contributed by atoms with Crippen molar-refractivity contribution in [2.45, 2.75) is 38.6 Å². The summed E-state index contributed by atoms with van der Waals surface area (Å²) in [5.74, 6) is -0.654. The predicted molar refractivity (Wildman–Crippen MR) is 77.4 cm³/mol. The Morgan fingerprint density at radius 1 is 1.25 bits per heavy atom. The van der Waals surface area contributed by atoms with E-state index >= 15 is 0 Å². The first kappa shape index (κ1) is 13.2. The number of aryl methyl sites for hydroxylation is 1. The van der Waals surface area contributed by atoms with Gasteiger partial charge in [0.05, 0.1) is 0 Å². The SMILES string of the molecule is CCc1ccc(N2CCC(C(=O)NC3CC3)C2=O)cc1. The Morgan fingerprint density at radius 3 is 2.55 bits per heavy atom. The third-order valence-electron chi connectivity index (χ3n) is 4.10. The van der Waals surface area contributed by atoms with Gasteiger partial charge < -0.3 is 10.2 Å². The second-order valence-electron chi connectivity index (χ2n) is 5.63. The lowest BCUT2D eigenvalue weighted by Gasteiger charge is -2.17. The molecule has 1 aromatic rings. The van der Waals surface area contributed by atoms with Crippen LogP contribution in [0.5, 0.6) is 0 Å². The first-order valence-corrected chi connectivity index (χ1v) is 7.39. The zero-order chi connectivity index (χ0) is 14.1.